The Morgan fingerprint density at radius 3 is 2.61 bits per heavy atom. The summed E-state index contributed by atoms with van der Waals surface area (Å²) in [4.78, 5) is 6.95. The molecule has 102 valence electrons. The van der Waals surface area contributed by atoms with Gasteiger partial charge in [0.05, 0.1) is 6.20 Å². The van der Waals surface area contributed by atoms with Gasteiger partial charge in [0, 0.05) is 24.4 Å². The minimum Gasteiger partial charge on any atom is -0.445 e. The molecule has 4 nitrogen and oxygen atoms in total. The van der Waals surface area contributed by atoms with Crippen LogP contribution in [0, 0.1) is 0 Å². The van der Waals surface area contributed by atoms with Crippen LogP contribution in [-0.2, 0) is 0 Å². The average molecular weight is 251 g/mol. The van der Waals surface area contributed by atoms with Gasteiger partial charge in [-0.05, 0) is 39.8 Å². The van der Waals surface area contributed by atoms with E-state index in [4.69, 9.17) is 10.2 Å². The molecule has 1 fully saturated rings. The minimum atomic E-state index is 0.266. The lowest BCUT2D eigenvalue weighted by Gasteiger charge is -2.33. The number of aromatic nitrogens is 1. The fraction of sp³-hybridized carbons (Fsp3) is 0.786. The van der Waals surface area contributed by atoms with Gasteiger partial charge >= 0.3 is 0 Å². The lowest BCUT2D eigenvalue weighted by Crippen LogP contribution is -2.37. The van der Waals surface area contributed by atoms with Crippen molar-refractivity contribution in [3.05, 3.63) is 17.8 Å². The first kappa shape index (κ1) is 13.6. The first-order valence-corrected chi connectivity index (χ1v) is 7.01. The van der Waals surface area contributed by atoms with Gasteiger partial charge in [0.2, 0.25) is 0 Å². The monoisotopic (exact) mass is 251 g/mol. The van der Waals surface area contributed by atoms with Crippen LogP contribution in [0.4, 0.5) is 0 Å². The molecular formula is C14H25N3O. The fourth-order valence-electron chi connectivity index (χ4n) is 2.50. The summed E-state index contributed by atoms with van der Waals surface area (Å²) in [6, 6.07) is 0.642. The lowest BCUT2D eigenvalue weighted by molar-refractivity contribution is 0.162. The van der Waals surface area contributed by atoms with E-state index in [1.165, 1.54) is 0 Å². The van der Waals surface area contributed by atoms with Crippen LogP contribution in [0.15, 0.2) is 10.6 Å². The maximum absolute atomic E-state index is 5.86. The Balaban J connectivity index is 1.95. The minimum absolute atomic E-state index is 0.266. The van der Waals surface area contributed by atoms with E-state index in [0.29, 0.717) is 18.5 Å². The van der Waals surface area contributed by atoms with Crippen LogP contribution in [0.25, 0.3) is 0 Å². The molecule has 4 heteroatoms. The number of rotatable bonds is 4. The van der Waals surface area contributed by atoms with E-state index in [1.54, 1.807) is 0 Å². The number of hydrogen-bond donors (Lipinski definition) is 1. The summed E-state index contributed by atoms with van der Waals surface area (Å²) in [5, 5.41) is 0. The standard InChI is InChI=1S/C14H25N3O/c1-10(2)17-6-4-12(5-7-17)14-16-9-13(18-14)11(3)8-15/h9-12H,4-8,15H2,1-3H3. The highest BCUT2D eigenvalue weighted by atomic mass is 16.4. The molecule has 1 aliphatic heterocycles. The molecule has 0 bridgehead atoms. The Bertz CT molecular complexity index is 367. The highest BCUT2D eigenvalue weighted by Gasteiger charge is 2.25. The van der Waals surface area contributed by atoms with E-state index in [2.05, 4.69) is 30.7 Å². The van der Waals surface area contributed by atoms with Gasteiger partial charge < -0.3 is 15.1 Å². The number of piperidine rings is 1. The van der Waals surface area contributed by atoms with Crippen LogP contribution in [0.5, 0.6) is 0 Å². The zero-order chi connectivity index (χ0) is 13.1. The summed E-state index contributed by atoms with van der Waals surface area (Å²) < 4.78 is 5.86. The molecule has 1 aromatic rings. The van der Waals surface area contributed by atoms with Gasteiger partial charge in [0.15, 0.2) is 5.89 Å². The van der Waals surface area contributed by atoms with Crippen molar-refractivity contribution in [2.45, 2.75) is 51.5 Å². The van der Waals surface area contributed by atoms with Crippen molar-refractivity contribution in [3.63, 3.8) is 0 Å². The number of hydrogen-bond acceptors (Lipinski definition) is 4. The third-order valence-electron chi connectivity index (χ3n) is 3.99. The van der Waals surface area contributed by atoms with Crippen LogP contribution in [0.1, 0.15) is 57.1 Å². The molecule has 1 unspecified atom stereocenters. The van der Waals surface area contributed by atoms with Gasteiger partial charge in [-0.3, -0.25) is 0 Å². The van der Waals surface area contributed by atoms with Gasteiger partial charge in [-0.15, -0.1) is 0 Å². The van der Waals surface area contributed by atoms with E-state index < -0.39 is 0 Å². The highest BCUT2D eigenvalue weighted by Crippen LogP contribution is 2.29. The molecule has 2 heterocycles. The van der Waals surface area contributed by atoms with Gasteiger partial charge in [-0.25, -0.2) is 4.98 Å². The van der Waals surface area contributed by atoms with Crippen LogP contribution in [-0.4, -0.2) is 35.6 Å². The molecule has 1 atom stereocenters. The van der Waals surface area contributed by atoms with Crippen molar-refractivity contribution in [1.29, 1.82) is 0 Å². The Kier molecular flexibility index (Phi) is 4.40. The van der Waals surface area contributed by atoms with E-state index in [9.17, 15) is 0 Å². The first-order chi connectivity index (χ1) is 8.61. The largest absolute Gasteiger partial charge is 0.445 e. The lowest BCUT2D eigenvalue weighted by atomic mass is 9.96. The number of likely N-dealkylation sites (tertiary alicyclic amines) is 1. The van der Waals surface area contributed by atoms with Gasteiger partial charge in [-0.2, -0.15) is 0 Å². The topological polar surface area (TPSA) is 55.3 Å². The maximum atomic E-state index is 5.86. The summed E-state index contributed by atoms with van der Waals surface area (Å²) in [5.74, 6) is 2.59. The van der Waals surface area contributed by atoms with Crippen molar-refractivity contribution < 1.29 is 4.42 Å². The zero-order valence-corrected chi connectivity index (χ0v) is 11.7. The molecule has 0 spiro atoms. The Morgan fingerprint density at radius 1 is 1.39 bits per heavy atom. The molecule has 1 aliphatic rings. The van der Waals surface area contributed by atoms with Gasteiger partial charge in [-0.1, -0.05) is 6.92 Å². The summed E-state index contributed by atoms with van der Waals surface area (Å²) in [7, 11) is 0. The van der Waals surface area contributed by atoms with E-state index in [1.807, 2.05) is 6.20 Å². The smallest absolute Gasteiger partial charge is 0.197 e. The fourth-order valence-corrected chi connectivity index (χ4v) is 2.50. The number of oxazole rings is 1. The quantitative estimate of drug-likeness (QED) is 0.892. The molecule has 2 rings (SSSR count). The zero-order valence-electron chi connectivity index (χ0n) is 11.7. The van der Waals surface area contributed by atoms with Crippen molar-refractivity contribution in [2.24, 2.45) is 5.73 Å². The van der Waals surface area contributed by atoms with E-state index >= 15 is 0 Å². The van der Waals surface area contributed by atoms with Crippen LogP contribution in [0.2, 0.25) is 0 Å². The summed E-state index contributed by atoms with van der Waals surface area (Å²) in [6.45, 7) is 9.49. The SMILES string of the molecule is CC(CN)c1cnc(C2CCN(C(C)C)CC2)o1. The second-order valence-electron chi connectivity index (χ2n) is 5.64. The van der Waals surface area contributed by atoms with Crippen molar-refractivity contribution in [3.8, 4) is 0 Å². The number of nitrogens with two attached hydrogens (primary N) is 1. The Morgan fingerprint density at radius 2 is 2.06 bits per heavy atom. The maximum Gasteiger partial charge on any atom is 0.197 e. The van der Waals surface area contributed by atoms with Gasteiger partial charge in [0.25, 0.3) is 0 Å². The molecule has 2 N–H and O–H groups in total. The molecule has 0 saturated carbocycles. The molecule has 0 aliphatic carbocycles. The normalized spacial score (nSPS) is 20.5. The number of nitrogens with zero attached hydrogens (tertiary/aromatic N) is 2. The van der Waals surface area contributed by atoms with E-state index in [0.717, 1.165) is 37.6 Å². The van der Waals surface area contributed by atoms with Crippen molar-refractivity contribution in [2.75, 3.05) is 19.6 Å². The third-order valence-corrected chi connectivity index (χ3v) is 3.99. The third kappa shape index (κ3) is 2.93. The molecule has 0 amide bonds. The summed E-state index contributed by atoms with van der Waals surface area (Å²) >= 11 is 0. The molecule has 0 radical (unpaired) electrons. The molecule has 1 saturated heterocycles. The van der Waals surface area contributed by atoms with Crippen LogP contribution >= 0.6 is 0 Å². The predicted octanol–water partition coefficient (Wildman–Crippen LogP) is 2.32. The van der Waals surface area contributed by atoms with Crippen LogP contribution < -0.4 is 5.73 Å². The molecule has 1 aromatic heterocycles. The van der Waals surface area contributed by atoms with Gasteiger partial charge in [0.1, 0.15) is 5.76 Å². The summed E-state index contributed by atoms with van der Waals surface area (Å²) in [6.07, 6.45) is 4.14. The Labute approximate surface area is 110 Å². The van der Waals surface area contributed by atoms with Crippen molar-refractivity contribution >= 4 is 0 Å². The molecular weight excluding hydrogens is 226 g/mol. The second-order valence-corrected chi connectivity index (χ2v) is 5.64. The molecule has 0 aromatic carbocycles. The highest BCUT2D eigenvalue weighted by molar-refractivity contribution is 5.05. The second kappa shape index (κ2) is 5.85. The van der Waals surface area contributed by atoms with Crippen LogP contribution in [0.3, 0.4) is 0 Å². The van der Waals surface area contributed by atoms with E-state index in [-0.39, 0.29) is 5.92 Å². The first-order valence-electron chi connectivity index (χ1n) is 7.01. The average Bonchev–Trinajstić information content (AvgIpc) is 2.87. The Hall–Kier alpha value is -0.870. The predicted molar refractivity (Wildman–Crippen MR) is 72.7 cm³/mol. The van der Waals surface area contributed by atoms with Crippen molar-refractivity contribution in [1.82, 2.24) is 9.88 Å². The molecule has 18 heavy (non-hydrogen) atoms. The summed E-state index contributed by atoms with van der Waals surface area (Å²) in [5.41, 5.74) is 5.65.